The lowest BCUT2D eigenvalue weighted by Crippen LogP contribution is -2.45. The van der Waals surface area contributed by atoms with E-state index in [2.05, 4.69) is 20.2 Å². The Morgan fingerprint density at radius 2 is 1.92 bits per heavy atom. The molecule has 1 N–H and O–H groups in total. The number of hydrogen-bond acceptors (Lipinski definition) is 7. The minimum atomic E-state index is -1.02. The zero-order valence-corrected chi connectivity index (χ0v) is 20.6. The third kappa shape index (κ3) is 4.52. The van der Waals surface area contributed by atoms with Gasteiger partial charge in [-0.3, -0.25) is 4.68 Å². The van der Waals surface area contributed by atoms with Gasteiger partial charge in [0.15, 0.2) is 17.5 Å². The van der Waals surface area contributed by atoms with Crippen molar-refractivity contribution in [2.24, 2.45) is 0 Å². The molecule has 196 valence electrons. The Morgan fingerprint density at radius 1 is 1.05 bits per heavy atom. The molecule has 6 rings (SSSR count). The minimum Gasteiger partial charge on any atom is -0.480 e. The summed E-state index contributed by atoms with van der Waals surface area (Å²) in [5.74, 6) is -1.55. The Kier molecular flexibility index (Phi) is 6.34. The van der Waals surface area contributed by atoms with Gasteiger partial charge >= 0.3 is 5.97 Å². The number of carboxylic acids is 1. The number of benzene rings is 1. The zero-order valence-electron chi connectivity index (χ0n) is 20.6. The monoisotopic (exact) mass is 520 g/mol. The van der Waals surface area contributed by atoms with Gasteiger partial charge in [0.2, 0.25) is 0 Å². The second-order valence-electron chi connectivity index (χ2n) is 9.84. The number of aromatic nitrogens is 5. The van der Waals surface area contributed by atoms with Crippen LogP contribution < -0.4 is 4.90 Å². The quantitative estimate of drug-likeness (QED) is 0.361. The molecule has 38 heavy (non-hydrogen) atoms. The highest BCUT2D eigenvalue weighted by Gasteiger charge is 2.32. The highest BCUT2D eigenvalue weighted by Crippen LogP contribution is 2.37. The van der Waals surface area contributed by atoms with E-state index in [1.807, 2.05) is 6.07 Å². The number of halogens is 2. The molecule has 11 heteroatoms. The predicted molar refractivity (Wildman–Crippen MR) is 133 cm³/mol. The lowest BCUT2D eigenvalue weighted by Gasteiger charge is -2.33. The van der Waals surface area contributed by atoms with Crippen molar-refractivity contribution in [2.75, 3.05) is 11.4 Å². The first-order chi connectivity index (χ1) is 18.5. The molecular formula is C27H26F2N6O3. The Balaban J connectivity index is 1.36. The van der Waals surface area contributed by atoms with Crippen LogP contribution in [0.25, 0.3) is 22.9 Å². The number of carboxylic acid groups (broad SMARTS) is 1. The van der Waals surface area contributed by atoms with Crippen molar-refractivity contribution in [1.82, 2.24) is 24.9 Å². The van der Waals surface area contributed by atoms with E-state index in [-0.39, 0.29) is 24.0 Å². The number of hydrogen-bond donors (Lipinski definition) is 1. The summed E-state index contributed by atoms with van der Waals surface area (Å²) in [5.41, 5.74) is 2.83. The van der Waals surface area contributed by atoms with Gasteiger partial charge < -0.3 is 14.5 Å². The van der Waals surface area contributed by atoms with Gasteiger partial charge in [-0.15, -0.1) is 0 Å². The Hall–Kier alpha value is -4.15. The maximum atomic E-state index is 15.1. The number of aliphatic carboxylic acids is 1. The van der Waals surface area contributed by atoms with Gasteiger partial charge in [0.25, 0.3) is 0 Å². The van der Waals surface area contributed by atoms with Gasteiger partial charge in [-0.2, -0.15) is 5.10 Å². The van der Waals surface area contributed by atoms with Gasteiger partial charge in [0, 0.05) is 18.2 Å². The van der Waals surface area contributed by atoms with Gasteiger partial charge in [-0.25, -0.2) is 23.5 Å². The molecule has 0 radical (unpaired) electrons. The third-order valence-electron chi connectivity index (χ3n) is 7.47. The van der Waals surface area contributed by atoms with Gasteiger partial charge in [0.1, 0.15) is 29.5 Å². The first kappa shape index (κ1) is 24.2. The average Bonchev–Trinajstić information content (AvgIpc) is 3.55. The van der Waals surface area contributed by atoms with E-state index in [1.165, 1.54) is 17.6 Å². The maximum Gasteiger partial charge on any atom is 0.326 e. The summed E-state index contributed by atoms with van der Waals surface area (Å²) in [7, 11) is 0. The van der Waals surface area contributed by atoms with Crippen LogP contribution in [0.2, 0.25) is 0 Å². The van der Waals surface area contributed by atoms with Gasteiger partial charge in [-0.1, -0.05) is 23.7 Å². The van der Waals surface area contributed by atoms with E-state index in [9.17, 15) is 14.3 Å². The summed E-state index contributed by atoms with van der Waals surface area (Å²) in [6, 6.07) is 7.83. The summed E-state index contributed by atoms with van der Waals surface area (Å²) in [6.45, 7) is 0.499. The van der Waals surface area contributed by atoms with E-state index in [1.54, 1.807) is 28.9 Å². The van der Waals surface area contributed by atoms with Crippen LogP contribution in [0.1, 0.15) is 55.6 Å². The Morgan fingerprint density at radius 3 is 2.63 bits per heavy atom. The predicted octanol–water partition coefficient (Wildman–Crippen LogP) is 5.03. The highest BCUT2D eigenvalue weighted by molar-refractivity contribution is 5.78. The molecule has 2 fully saturated rings. The standard InChI is InChI=1S/C27H26F2N6O3/c28-19-12-17(16-4-3-5-16)7-8-18(19)15-35-24(21-9-11-38-33-21)13-22(32-35)25-30-14-20(29)26(31-25)34-10-2-1-6-23(34)27(36)37/h7-9,11-14,16,23H,1-6,10,15H2,(H,36,37)/t23-/m0/s1. The molecular weight excluding hydrogens is 494 g/mol. The first-order valence-electron chi connectivity index (χ1n) is 12.8. The Labute approximate surface area is 217 Å². The smallest absolute Gasteiger partial charge is 0.326 e. The summed E-state index contributed by atoms with van der Waals surface area (Å²) >= 11 is 0. The van der Waals surface area contributed by atoms with Crippen molar-refractivity contribution in [2.45, 2.75) is 57.0 Å². The largest absolute Gasteiger partial charge is 0.480 e. The number of piperidine rings is 1. The van der Waals surface area contributed by atoms with Crippen LogP contribution in [0.15, 0.2) is 47.3 Å². The van der Waals surface area contributed by atoms with E-state index < -0.39 is 17.8 Å². The Bertz CT molecular complexity index is 1470. The van der Waals surface area contributed by atoms with Gasteiger partial charge in [0.05, 0.1) is 18.4 Å². The molecule has 9 nitrogen and oxygen atoms in total. The molecule has 1 aliphatic carbocycles. The summed E-state index contributed by atoms with van der Waals surface area (Å²) in [4.78, 5) is 21.8. The molecule has 2 aliphatic rings. The molecule has 3 aromatic heterocycles. The van der Waals surface area contributed by atoms with E-state index in [4.69, 9.17) is 4.52 Å². The fourth-order valence-corrected chi connectivity index (χ4v) is 5.17. The van der Waals surface area contributed by atoms with E-state index in [0.29, 0.717) is 41.5 Å². The van der Waals surface area contributed by atoms with Crippen LogP contribution in [0.5, 0.6) is 0 Å². The average molecular weight is 521 g/mol. The molecule has 0 amide bonds. The lowest BCUT2D eigenvalue weighted by molar-refractivity contribution is -0.139. The first-order valence-corrected chi connectivity index (χ1v) is 12.8. The number of anilines is 1. The molecule has 1 saturated carbocycles. The summed E-state index contributed by atoms with van der Waals surface area (Å²) in [5, 5.41) is 18.3. The van der Waals surface area contributed by atoms with E-state index in [0.717, 1.165) is 37.4 Å². The molecule has 4 heterocycles. The molecule has 0 spiro atoms. The molecule has 1 atom stereocenters. The van der Waals surface area contributed by atoms with Crippen LogP contribution in [0.3, 0.4) is 0 Å². The molecule has 0 bridgehead atoms. The maximum absolute atomic E-state index is 15.1. The topological polar surface area (TPSA) is 110 Å². The van der Waals surface area contributed by atoms with Crippen LogP contribution in [0.4, 0.5) is 14.6 Å². The highest BCUT2D eigenvalue weighted by atomic mass is 19.1. The SMILES string of the molecule is O=C(O)[C@@H]1CCCCN1c1nc(-c2cc(-c3ccon3)n(Cc3ccc(C4CCC4)cc3F)n2)ncc1F. The van der Waals surface area contributed by atoms with Crippen molar-refractivity contribution in [3.63, 3.8) is 0 Å². The van der Waals surface area contributed by atoms with Crippen LogP contribution >= 0.6 is 0 Å². The van der Waals surface area contributed by atoms with E-state index >= 15 is 4.39 Å². The minimum absolute atomic E-state index is 0.0720. The normalized spacial score (nSPS) is 17.9. The summed E-state index contributed by atoms with van der Waals surface area (Å²) < 4.78 is 36.5. The van der Waals surface area contributed by atoms with Crippen molar-refractivity contribution >= 4 is 11.8 Å². The van der Waals surface area contributed by atoms with Crippen molar-refractivity contribution in [3.05, 3.63) is 65.6 Å². The lowest BCUT2D eigenvalue weighted by atomic mass is 9.80. The molecule has 1 aromatic carbocycles. The van der Waals surface area contributed by atoms with Crippen LogP contribution in [0, 0.1) is 11.6 Å². The second-order valence-corrected chi connectivity index (χ2v) is 9.84. The fraction of sp³-hybridized carbons (Fsp3) is 0.370. The van der Waals surface area contributed by atoms with Crippen molar-refractivity contribution in [1.29, 1.82) is 0 Å². The molecule has 4 aromatic rings. The third-order valence-corrected chi connectivity index (χ3v) is 7.47. The van der Waals surface area contributed by atoms with Crippen molar-refractivity contribution in [3.8, 4) is 22.9 Å². The number of nitrogens with zero attached hydrogens (tertiary/aromatic N) is 6. The molecule has 1 aliphatic heterocycles. The van der Waals surface area contributed by atoms with Gasteiger partial charge in [-0.05, 0) is 55.7 Å². The summed E-state index contributed by atoms with van der Waals surface area (Å²) in [6.07, 6.45) is 7.68. The number of rotatable bonds is 7. The molecule has 0 unspecified atom stereocenters. The second kappa shape index (κ2) is 9.96. The van der Waals surface area contributed by atoms with Crippen LogP contribution in [-0.4, -0.2) is 48.6 Å². The van der Waals surface area contributed by atoms with Crippen LogP contribution in [-0.2, 0) is 11.3 Å². The molecule has 1 saturated heterocycles. The number of carbonyl (C=O) groups is 1. The fourth-order valence-electron chi connectivity index (χ4n) is 5.17. The van der Waals surface area contributed by atoms with Crippen molar-refractivity contribution < 1.29 is 23.2 Å². The zero-order chi connectivity index (χ0) is 26.2.